The molecule has 0 saturated heterocycles. The monoisotopic (exact) mass is 376 g/mol. The molecule has 0 atom stereocenters. The Balaban J connectivity index is 0.00000338. The fourth-order valence-electron chi connectivity index (χ4n) is 1.98. The largest absolute Gasteiger partial charge is 0.384 e. The maximum absolute atomic E-state index is 11.8. The Hall–Kier alpha value is -3.13. The van der Waals surface area contributed by atoms with E-state index in [9.17, 15) is 9.59 Å². The maximum atomic E-state index is 11.8. The van der Waals surface area contributed by atoms with Crippen LogP contribution >= 0.6 is 12.4 Å². The number of nitrogens with one attached hydrogen (secondary N) is 4. The number of amides is 2. The normalized spacial score (nSPS) is 9.54. The van der Waals surface area contributed by atoms with Crippen molar-refractivity contribution in [1.29, 1.82) is 5.41 Å². The summed E-state index contributed by atoms with van der Waals surface area (Å²) >= 11 is 0. The SMILES string of the molecule is Cl.N=C(N)c1cccc(NCC(=O)NCC(=O)NCc2ccncc2)c1. The molecule has 0 bridgehead atoms. The van der Waals surface area contributed by atoms with Crippen molar-refractivity contribution in [1.82, 2.24) is 15.6 Å². The minimum Gasteiger partial charge on any atom is -0.384 e. The molecule has 0 aliphatic rings. The lowest BCUT2D eigenvalue weighted by atomic mass is 10.2. The molecule has 1 aromatic heterocycles. The van der Waals surface area contributed by atoms with Crippen molar-refractivity contribution in [2.75, 3.05) is 18.4 Å². The van der Waals surface area contributed by atoms with Gasteiger partial charge in [-0.15, -0.1) is 12.4 Å². The molecule has 138 valence electrons. The smallest absolute Gasteiger partial charge is 0.239 e. The Morgan fingerprint density at radius 1 is 1.04 bits per heavy atom. The lowest BCUT2D eigenvalue weighted by Gasteiger charge is -2.09. The number of benzene rings is 1. The van der Waals surface area contributed by atoms with Crippen molar-refractivity contribution in [2.24, 2.45) is 5.73 Å². The summed E-state index contributed by atoms with van der Waals surface area (Å²) in [5.41, 5.74) is 7.59. The number of nitrogens with zero attached hydrogens (tertiary/aromatic N) is 1. The van der Waals surface area contributed by atoms with E-state index in [1.807, 2.05) is 0 Å². The quantitative estimate of drug-likeness (QED) is 0.340. The molecule has 0 aliphatic carbocycles. The second-order valence-corrected chi connectivity index (χ2v) is 5.26. The molecule has 0 unspecified atom stereocenters. The molecular formula is C17H21ClN6O2. The number of carbonyl (C=O) groups is 2. The van der Waals surface area contributed by atoms with E-state index in [4.69, 9.17) is 11.1 Å². The zero-order valence-electron chi connectivity index (χ0n) is 14.0. The number of rotatable bonds is 8. The van der Waals surface area contributed by atoms with Crippen molar-refractivity contribution in [3.05, 3.63) is 59.9 Å². The molecule has 1 heterocycles. The number of anilines is 1. The van der Waals surface area contributed by atoms with Crippen LogP contribution in [0.15, 0.2) is 48.8 Å². The van der Waals surface area contributed by atoms with Crippen molar-refractivity contribution >= 4 is 35.7 Å². The predicted octanol–water partition coefficient (Wildman–Crippen LogP) is 0.632. The first-order valence-corrected chi connectivity index (χ1v) is 7.65. The molecule has 8 nitrogen and oxygen atoms in total. The van der Waals surface area contributed by atoms with E-state index in [-0.39, 0.29) is 43.1 Å². The van der Waals surface area contributed by atoms with E-state index in [0.29, 0.717) is 17.8 Å². The van der Waals surface area contributed by atoms with Gasteiger partial charge in [0.2, 0.25) is 11.8 Å². The molecule has 2 aromatic rings. The molecule has 0 saturated carbocycles. The van der Waals surface area contributed by atoms with Gasteiger partial charge in [0.25, 0.3) is 0 Å². The van der Waals surface area contributed by atoms with Crippen LogP contribution in [0.3, 0.4) is 0 Å². The zero-order chi connectivity index (χ0) is 18.1. The van der Waals surface area contributed by atoms with Gasteiger partial charge in [-0.05, 0) is 29.8 Å². The molecule has 6 N–H and O–H groups in total. The van der Waals surface area contributed by atoms with Crippen molar-refractivity contribution in [3.8, 4) is 0 Å². The van der Waals surface area contributed by atoms with Crippen LogP contribution in [0.4, 0.5) is 5.69 Å². The summed E-state index contributed by atoms with van der Waals surface area (Å²) in [7, 11) is 0. The highest BCUT2D eigenvalue weighted by Gasteiger charge is 2.06. The van der Waals surface area contributed by atoms with Gasteiger partial charge in [0.05, 0.1) is 13.1 Å². The second kappa shape index (κ2) is 10.7. The van der Waals surface area contributed by atoms with Gasteiger partial charge < -0.3 is 21.7 Å². The Kier molecular flexibility index (Phi) is 8.59. The van der Waals surface area contributed by atoms with E-state index < -0.39 is 0 Å². The minimum absolute atomic E-state index is 0. The maximum Gasteiger partial charge on any atom is 0.239 e. The first-order chi connectivity index (χ1) is 12.0. The number of aromatic nitrogens is 1. The Bertz CT molecular complexity index is 754. The van der Waals surface area contributed by atoms with Crippen molar-refractivity contribution in [3.63, 3.8) is 0 Å². The minimum atomic E-state index is -0.313. The molecule has 0 spiro atoms. The van der Waals surface area contributed by atoms with Gasteiger partial charge in [-0.1, -0.05) is 12.1 Å². The standard InChI is InChI=1S/C17H20N6O2.ClH/c18-17(19)13-2-1-3-14(8-13)21-10-15(24)23-11-16(25)22-9-12-4-6-20-7-5-12;/h1-8,21H,9-11H2,(H3,18,19)(H,22,25)(H,23,24);1H. The van der Waals surface area contributed by atoms with Crippen LogP contribution in [-0.2, 0) is 16.1 Å². The first-order valence-electron chi connectivity index (χ1n) is 7.65. The summed E-state index contributed by atoms with van der Waals surface area (Å²) in [6.07, 6.45) is 3.30. The van der Waals surface area contributed by atoms with Crippen LogP contribution in [0, 0.1) is 5.41 Å². The first kappa shape index (κ1) is 20.9. The fraction of sp³-hybridized carbons (Fsp3) is 0.176. The van der Waals surface area contributed by atoms with E-state index in [1.54, 1.807) is 48.8 Å². The molecule has 1 aromatic carbocycles. The molecule has 9 heteroatoms. The highest BCUT2D eigenvalue weighted by molar-refractivity contribution is 5.96. The number of halogens is 1. The predicted molar refractivity (Wildman–Crippen MR) is 102 cm³/mol. The van der Waals surface area contributed by atoms with Crippen LogP contribution in [0.2, 0.25) is 0 Å². The molecular weight excluding hydrogens is 356 g/mol. The Morgan fingerprint density at radius 2 is 1.73 bits per heavy atom. The number of nitrogens with two attached hydrogens (primary N) is 1. The van der Waals surface area contributed by atoms with Crippen LogP contribution < -0.4 is 21.7 Å². The number of carbonyl (C=O) groups excluding carboxylic acids is 2. The Labute approximate surface area is 157 Å². The van der Waals surface area contributed by atoms with Crippen LogP contribution in [0.1, 0.15) is 11.1 Å². The van der Waals surface area contributed by atoms with Gasteiger partial charge in [-0.25, -0.2) is 0 Å². The van der Waals surface area contributed by atoms with E-state index >= 15 is 0 Å². The summed E-state index contributed by atoms with van der Waals surface area (Å²) in [5, 5.41) is 15.5. The fourth-order valence-corrected chi connectivity index (χ4v) is 1.98. The van der Waals surface area contributed by atoms with Gasteiger partial charge in [-0.2, -0.15) is 0 Å². The van der Waals surface area contributed by atoms with E-state index in [1.165, 1.54) is 0 Å². The van der Waals surface area contributed by atoms with Gasteiger partial charge in [0, 0.05) is 30.2 Å². The summed E-state index contributed by atoms with van der Waals surface area (Å²) in [6.45, 7) is 0.297. The van der Waals surface area contributed by atoms with E-state index in [0.717, 1.165) is 5.56 Å². The summed E-state index contributed by atoms with van der Waals surface area (Å²) in [6, 6.07) is 10.5. The van der Waals surface area contributed by atoms with Gasteiger partial charge in [0.15, 0.2) is 0 Å². The average molecular weight is 377 g/mol. The molecule has 2 rings (SSSR count). The lowest BCUT2D eigenvalue weighted by molar-refractivity contribution is -0.125. The molecule has 26 heavy (non-hydrogen) atoms. The number of amidine groups is 1. The third kappa shape index (κ3) is 7.18. The lowest BCUT2D eigenvalue weighted by Crippen LogP contribution is -2.39. The number of nitrogen functional groups attached to an aromatic ring is 1. The highest BCUT2D eigenvalue weighted by atomic mass is 35.5. The number of hydrogen-bond acceptors (Lipinski definition) is 5. The number of hydrogen-bond donors (Lipinski definition) is 5. The molecule has 2 amide bonds. The average Bonchev–Trinajstić information content (AvgIpc) is 2.64. The second-order valence-electron chi connectivity index (χ2n) is 5.26. The summed E-state index contributed by atoms with van der Waals surface area (Å²) < 4.78 is 0. The molecule has 0 fully saturated rings. The van der Waals surface area contributed by atoms with Crippen molar-refractivity contribution in [2.45, 2.75) is 6.54 Å². The third-order valence-electron chi connectivity index (χ3n) is 3.31. The highest BCUT2D eigenvalue weighted by Crippen LogP contribution is 2.09. The van der Waals surface area contributed by atoms with Crippen LogP contribution in [0.5, 0.6) is 0 Å². The molecule has 0 aliphatic heterocycles. The van der Waals surface area contributed by atoms with Crippen LogP contribution in [-0.4, -0.2) is 35.7 Å². The van der Waals surface area contributed by atoms with Gasteiger partial charge >= 0.3 is 0 Å². The van der Waals surface area contributed by atoms with Gasteiger partial charge in [-0.3, -0.25) is 20.0 Å². The molecule has 0 radical (unpaired) electrons. The topological polar surface area (TPSA) is 133 Å². The van der Waals surface area contributed by atoms with Crippen molar-refractivity contribution < 1.29 is 9.59 Å². The third-order valence-corrected chi connectivity index (χ3v) is 3.31. The summed E-state index contributed by atoms with van der Waals surface area (Å²) in [4.78, 5) is 27.4. The Morgan fingerprint density at radius 3 is 2.42 bits per heavy atom. The van der Waals surface area contributed by atoms with Crippen LogP contribution in [0.25, 0.3) is 0 Å². The zero-order valence-corrected chi connectivity index (χ0v) is 14.8. The summed E-state index contributed by atoms with van der Waals surface area (Å²) in [5.74, 6) is -0.630. The van der Waals surface area contributed by atoms with E-state index in [2.05, 4.69) is 20.9 Å². The number of pyridine rings is 1. The van der Waals surface area contributed by atoms with Gasteiger partial charge in [0.1, 0.15) is 5.84 Å².